The minimum Gasteiger partial charge on any atom is -0.465 e. The van der Waals surface area contributed by atoms with Gasteiger partial charge in [0.05, 0.1) is 32.3 Å². The van der Waals surface area contributed by atoms with E-state index >= 15 is 0 Å². The van der Waals surface area contributed by atoms with Crippen molar-refractivity contribution in [1.82, 2.24) is 0 Å². The zero-order valence-electron chi connectivity index (χ0n) is 13.7. The Hall–Kier alpha value is -3.40. The third-order valence-corrected chi connectivity index (χ3v) is 3.47. The number of halogens is 1. The first-order valence-electron chi connectivity index (χ1n) is 7.23. The molecule has 0 bridgehead atoms. The Labute approximate surface area is 144 Å². The number of nitrogens with zero attached hydrogens (tertiary/aromatic N) is 2. The summed E-state index contributed by atoms with van der Waals surface area (Å²) in [5, 5.41) is 8.82. The van der Waals surface area contributed by atoms with Crippen LogP contribution in [0.15, 0.2) is 53.9 Å². The molecule has 25 heavy (non-hydrogen) atoms. The third kappa shape index (κ3) is 3.75. The van der Waals surface area contributed by atoms with E-state index in [1.54, 1.807) is 12.2 Å². The molecule has 0 aromatic heterocycles. The number of hydrogen-bond acceptors (Lipinski definition) is 6. The summed E-state index contributed by atoms with van der Waals surface area (Å²) in [4.78, 5) is 25.7. The minimum absolute atomic E-state index is 0.00879. The van der Waals surface area contributed by atoms with Gasteiger partial charge in [0, 0.05) is 17.5 Å². The number of rotatable bonds is 4. The molecule has 1 aromatic carbocycles. The Bertz CT molecular complexity index is 834. The smallest absolute Gasteiger partial charge is 0.355 e. The Kier molecular flexibility index (Phi) is 5.69. The highest BCUT2D eigenvalue weighted by atomic mass is 19.1. The molecule has 0 amide bonds. The molecule has 0 saturated heterocycles. The van der Waals surface area contributed by atoms with Crippen LogP contribution in [-0.2, 0) is 25.5 Å². The van der Waals surface area contributed by atoms with Gasteiger partial charge < -0.3 is 14.4 Å². The van der Waals surface area contributed by atoms with Gasteiger partial charge in [-0.05, 0) is 30.4 Å². The van der Waals surface area contributed by atoms with Gasteiger partial charge in [0.1, 0.15) is 11.5 Å². The van der Waals surface area contributed by atoms with Gasteiger partial charge in [-0.3, -0.25) is 0 Å². The van der Waals surface area contributed by atoms with Crippen molar-refractivity contribution < 1.29 is 23.5 Å². The molecule has 0 fully saturated rings. The van der Waals surface area contributed by atoms with Crippen LogP contribution in [-0.4, -0.2) is 26.2 Å². The highest BCUT2D eigenvalue weighted by Gasteiger charge is 2.27. The summed E-state index contributed by atoms with van der Waals surface area (Å²) in [6.07, 6.45) is 5.99. The van der Waals surface area contributed by atoms with Crippen LogP contribution in [0.1, 0.15) is 5.56 Å². The second-order valence-electron chi connectivity index (χ2n) is 4.93. The van der Waals surface area contributed by atoms with Crippen molar-refractivity contribution in [2.24, 2.45) is 0 Å². The summed E-state index contributed by atoms with van der Waals surface area (Å²) < 4.78 is 23.3. The Morgan fingerprint density at radius 1 is 1.20 bits per heavy atom. The number of nitriles is 1. The number of anilines is 1. The SMILES string of the molecule is COC(=O)C1=C(C(=O)OC)N(c2ccc(F)c(CC#N)c2)C=CC=C1. The van der Waals surface area contributed by atoms with Gasteiger partial charge in [0.25, 0.3) is 0 Å². The number of methoxy groups -OCH3 is 2. The number of ether oxygens (including phenoxy) is 2. The largest absolute Gasteiger partial charge is 0.465 e. The van der Waals surface area contributed by atoms with Crippen molar-refractivity contribution in [3.05, 3.63) is 65.3 Å². The van der Waals surface area contributed by atoms with Crippen molar-refractivity contribution in [1.29, 1.82) is 5.26 Å². The molecule has 0 unspecified atom stereocenters. The highest BCUT2D eigenvalue weighted by molar-refractivity contribution is 6.05. The Morgan fingerprint density at radius 3 is 2.56 bits per heavy atom. The average molecular weight is 342 g/mol. The van der Waals surface area contributed by atoms with Gasteiger partial charge in [-0.1, -0.05) is 6.08 Å². The summed E-state index contributed by atoms with van der Waals surface area (Å²) in [6, 6.07) is 5.95. The molecular formula is C18H15FN2O4. The van der Waals surface area contributed by atoms with Crippen LogP contribution in [0, 0.1) is 17.1 Å². The lowest BCUT2D eigenvalue weighted by Gasteiger charge is -2.23. The van der Waals surface area contributed by atoms with Crippen LogP contribution in [0.2, 0.25) is 0 Å². The predicted molar refractivity (Wildman–Crippen MR) is 87.5 cm³/mol. The molecule has 1 aliphatic rings. The highest BCUT2D eigenvalue weighted by Crippen LogP contribution is 2.28. The molecule has 2 rings (SSSR count). The van der Waals surface area contributed by atoms with Crippen molar-refractivity contribution in [3.63, 3.8) is 0 Å². The van der Waals surface area contributed by atoms with E-state index in [0.717, 1.165) is 0 Å². The minimum atomic E-state index is -0.761. The molecule has 0 radical (unpaired) electrons. The van der Waals surface area contributed by atoms with Crippen LogP contribution >= 0.6 is 0 Å². The molecule has 0 N–H and O–H groups in total. The van der Waals surface area contributed by atoms with Crippen LogP contribution in [0.3, 0.4) is 0 Å². The molecule has 0 saturated carbocycles. The Balaban J connectivity index is 2.65. The normalized spacial score (nSPS) is 13.3. The molecule has 1 aromatic rings. The maximum Gasteiger partial charge on any atom is 0.355 e. The summed E-state index contributed by atoms with van der Waals surface area (Å²) in [7, 11) is 2.39. The van der Waals surface area contributed by atoms with E-state index in [0.29, 0.717) is 5.69 Å². The lowest BCUT2D eigenvalue weighted by molar-refractivity contribution is -0.139. The van der Waals surface area contributed by atoms with Gasteiger partial charge >= 0.3 is 11.9 Å². The van der Waals surface area contributed by atoms with Crippen molar-refractivity contribution in [2.75, 3.05) is 19.1 Å². The van der Waals surface area contributed by atoms with Crippen LogP contribution in [0.25, 0.3) is 0 Å². The summed E-state index contributed by atoms with van der Waals surface area (Å²) in [5.41, 5.74) is 0.488. The van der Waals surface area contributed by atoms with Gasteiger partial charge in [0.2, 0.25) is 0 Å². The van der Waals surface area contributed by atoms with Crippen molar-refractivity contribution >= 4 is 17.6 Å². The van der Waals surface area contributed by atoms with Crippen LogP contribution in [0.4, 0.5) is 10.1 Å². The first kappa shape index (κ1) is 17.9. The van der Waals surface area contributed by atoms with Crippen molar-refractivity contribution in [3.8, 4) is 6.07 Å². The van der Waals surface area contributed by atoms with Gasteiger partial charge in [-0.15, -0.1) is 0 Å². The van der Waals surface area contributed by atoms with Gasteiger partial charge in [0.15, 0.2) is 0 Å². The second-order valence-corrected chi connectivity index (χ2v) is 4.93. The van der Waals surface area contributed by atoms with Crippen LogP contribution < -0.4 is 4.90 Å². The lowest BCUT2D eigenvalue weighted by atomic mass is 10.1. The number of benzene rings is 1. The maximum absolute atomic E-state index is 13.8. The molecule has 1 heterocycles. The molecule has 0 aliphatic carbocycles. The summed E-state index contributed by atoms with van der Waals surface area (Å²) in [6.45, 7) is 0. The third-order valence-electron chi connectivity index (χ3n) is 3.47. The lowest BCUT2D eigenvalue weighted by Crippen LogP contribution is -2.27. The fraction of sp³-hybridized carbons (Fsp3) is 0.167. The van der Waals surface area contributed by atoms with E-state index in [2.05, 4.69) is 0 Å². The molecule has 0 atom stereocenters. The number of allylic oxidation sites excluding steroid dienone is 2. The molecule has 1 aliphatic heterocycles. The monoisotopic (exact) mass is 342 g/mol. The first-order chi connectivity index (χ1) is 12.0. The van der Waals surface area contributed by atoms with E-state index in [1.807, 2.05) is 6.07 Å². The molecule has 6 nitrogen and oxygen atoms in total. The average Bonchev–Trinajstić information content (AvgIpc) is 2.85. The number of carbonyl (C=O) groups excluding carboxylic acids is 2. The number of hydrogen-bond donors (Lipinski definition) is 0. The molecule has 7 heteroatoms. The predicted octanol–water partition coefficient (Wildman–Crippen LogP) is 2.38. The zero-order chi connectivity index (χ0) is 18.4. The summed E-state index contributed by atoms with van der Waals surface area (Å²) >= 11 is 0. The van der Waals surface area contributed by atoms with E-state index in [-0.39, 0.29) is 23.3 Å². The quantitative estimate of drug-likeness (QED) is 0.782. The first-order valence-corrected chi connectivity index (χ1v) is 7.23. The van der Waals surface area contributed by atoms with Crippen molar-refractivity contribution in [2.45, 2.75) is 6.42 Å². The Morgan fingerprint density at radius 2 is 1.92 bits per heavy atom. The van der Waals surface area contributed by atoms with E-state index < -0.39 is 17.8 Å². The number of esters is 2. The zero-order valence-corrected chi connectivity index (χ0v) is 13.7. The topological polar surface area (TPSA) is 79.6 Å². The summed E-state index contributed by atoms with van der Waals surface area (Å²) in [5.74, 6) is -2.01. The van der Waals surface area contributed by atoms with E-state index in [1.165, 1.54) is 49.6 Å². The maximum atomic E-state index is 13.8. The standard InChI is InChI=1S/C18H15FN2O4/c1-24-17(22)14-5-3-4-10-21(16(14)18(23)25-2)13-6-7-15(19)12(11-13)8-9-20/h3-7,10-11H,8H2,1-2H3. The second kappa shape index (κ2) is 7.93. The fourth-order valence-corrected chi connectivity index (χ4v) is 2.30. The number of carbonyl (C=O) groups is 2. The molecule has 0 spiro atoms. The van der Waals surface area contributed by atoms with Gasteiger partial charge in [-0.25, -0.2) is 14.0 Å². The molecular weight excluding hydrogens is 327 g/mol. The van der Waals surface area contributed by atoms with E-state index in [4.69, 9.17) is 14.7 Å². The molecule has 128 valence electrons. The van der Waals surface area contributed by atoms with Gasteiger partial charge in [-0.2, -0.15) is 5.26 Å². The van der Waals surface area contributed by atoms with Crippen LogP contribution in [0.5, 0.6) is 0 Å². The fourth-order valence-electron chi connectivity index (χ4n) is 2.30. The van der Waals surface area contributed by atoms with E-state index in [9.17, 15) is 14.0 Å².